The van der Waals surface area contributed by atoms with Crippen LogP contribution in [0.4, 0.5) is 0 Å². The Morgan fingerprint density at radius 3 is 2.50 bits per heavy atom. The Morgan fingerprint density at radius 1 is 1.25 bits per heavy atom. The Kier molecular flexibility index (Phi) is 5.65. The zero-order valence-electron chi connectivity index (χ0n) is 10.4. The smallest absolute Gasteiger partial charge is 0.118 e. The molecule has 1 aromatic rings. The Morgan fingerprint density at radius 2 is 1.94 bits per heavy atom. The van der Waals surface area contributed by atoms with E-state index in [0.29, 0.717) is 5.92 Å². The van der Waals surface area contributed by atoms with E-state index in [0.717, 1.165) is 18.8 Å². The maximum atomic E-state index is 5.10. The number of benzene rings is 1. The molecule has 0 spiro atoms. The van der Waals surface area contributed by atoms with E-state index in [2.05, 4.69) is 43.4 Å². The summed E-state index contributed by atoms with van der Waals surface area (Å²) in [7, 11) is 1.68. The molecule has 88 valence electrons. The van der Waals surface area contributed by atoms with E-state index in [1.54, 1.807) is 7.11 Å². The zero-order chi connectivity index (χ0) is 11.8. The molecular weight excluding hydrogens is 198 g/mol. The van der Waals surface area contributed by atoms with Crippen LogP contribution in [0.2, 0.25) is 0 Å². The average Bonchev–Trinajstić information content (AvgIpc) is 2.29. The minimum Gasteiger partial charge on any atom is -0.497 e. The molecule has 0 aliphatic rings. The number of nitrogens with one attached hydrogen (secondary N) is 1. The van der Waals surface area contributed by atoms with Gasteiger partial charge < -0.3 is 10.1 Å². The summed E-state index contributed by atoms with van der Waals surface area (Å²) in [4.78, 5) is 0. The van der Waals surface area contributed by atoms with Gasteiger partial charge in [0.15, 0.2) is 0 Å². The van der Waals surface area contributed by atoms with E-state index in [9.17, 15) is 0 Å². The van der Waals surface area contributed by atoms with Crippen LogP contribution < -0.4 is 10.1 Å². The minimum atomic E-state index is 0.703. The molecule has 0 fully saturated rings. The van der Waals surface area contributed by atoms with Crippen LogP contribution in [-0.2, 0) is 0 Å². The largest absolute Gasteiger partial charge is 0.497 e. The van der Waals surface area contributed by atoms with Crippen molar-refractivity contribution in [2.45, 2.75) is 13.8 Å². The monoisotopic (exact) mass is 219 g/mol. The molecule has 0 atom stereocenters. The van der Waals surface area contributed by atoms with Crippen LogP contribution >= 0.6 is 0 Å². The van der Waals surface area contributed by atoms with Crippen molar-refractivity contribution in [3.8, 4) is 5.75 Å². The Hall–Kier alpha value is -1.28. The van der Waals surface area contributed by atoms with Gasteiger partial charge in [0.1, 0.15) is 5.75 Å². The maximum Gasteiger partial charge on any atom is 0.118 e. The Balaban J connectivity index is 2.32. The number of hydrogen-bond acceptors (Lipinski definition) is 2. The van der Waals surface area contributed by atoms with Gasteiger partial charge in [-0.25, -0.2) is 0 Å². The maximum absolute atomic E-state index is 5.10. The summed E-state index contributed by atoms with van der Waals surface area (Å²) in [5.41, 5.74) is 1.20. The molecule has 0 heterocycles. The van der Waals surface area contributed by atoms with Gasteiger partial charge >= 0.3 is 0 Å². The molecule has 0 aromatic heterocycles. The third kappa shape index (κ3) is 4.99. The van der Waals surface area contributed by atoms with Gasteiger partial charge in [-0.1, -0.05) is 38.1 Å². The second-order valence-corrected chi connectivity index (χ2v) is 4.23. The quantitative estimate of drug-likeness (QED) is 0.743. The molecule has 2 heteroatoms. The first-order chi connectivity index (χ1) is 7.72. The van der Waals surface area contributed by atoms with E-state index in [-0.39, 0.29) is 0 Å². The highest BCUT2D eigenvalue weighted by atomic mass is 16.5. The zero-order valence-corrected chi connectivity index (χ0v) is 10.4. The van der Waals surface area contributed by atoms with Crippen LogP contribution in [0.3, 0.4) is 0 Å². The van der Waals surface area contributed by atoms with Crippen molar-refractivity contribution in [2.24, 2.45) is 5.92 Å². The predicted molar refractivity (Wildman–Crippen MR) is 69.7 cm³/mol. The molecule has 16 heavy (non-hydrogen) atoms. The summed E-state index contributed by atoms with van der Waals surface area (Å²) in [6, 6.07) is 8.05. The second kappa shape index (κ2) is 7.07. The van der Waals surface area contributed by atoms with Crippen molar-refractivity contribution >= 4 is 6.08 Å². The molecule has 0 saturated heterocycles. The molecular formula is C14H21NO. The second-order valence-electron chi connectivity index (χ2n) is 4.23. The summed E-state index contributed by atoms with van der Waals surface area (Å²) >= 11 is 0. The third-order valence-electron chi connectivity index (χ3n) is 2.24. The minimum absolute atomic E-state index is 0.703. The normalized spacial score (nSPS) is 11.2. The van der Waals surface area contributed by atoms with Crippen molar-refractivity contribution in [3.05, 3.63) is 35.9 Å². The SMILES string of the molecule is COc1ccc(C=CCNCC(C)C)cc1. The van der Waals surface area contributed by atoms with Crippen molar-refractivity contribution in [3.63, 3.8) is 0 Å². The molecule has 0 amide bonds. The van der Waals surface area contributed by atoms with Crippen LogP contribution in [0.5, 0.6) is 5.75 Å². The van der Waals surface area contributed by atoms with Gasteiger partial charge in [-0.3, -0.25) is 0 Å². The first-order valence-electron chi connectivity index (χ1n) is 5.73. The lowest BCUT2D eigenvalue weighted by Crippen LogP contribution is -2.19. The van der Waals surface area contributed by atoms with Crippen molar-refractivity contribution in [2.75, 3.05) is 20.2 Å². The van der Waals surface area contributed by atoms with Gasteiger partial charge in [0.25, 0.3) is 0 Å². The topological polar surface area (TPSA) is 21.3 Å². The van der Waals surface area contributed by atoms with Gasteiger partial charge in [0, 0.05) is 6.54 Å². The predicted octanol–water partition coefficient (Wildman–Crippen LogP) is 2.95. The van der Waals surface area contributed by atoms with E-state index in [1.165, 1.54) is 5.56 Å². The molecule has 1 aromatic carbocycles. The number of hydrogen-bond donors (Lipinski definition) is 1. The Labute approximate surface area is 98.3 Å². The van der Waals surface area contributed by atoms with Gasteiger partial charge in [-0.05, 0) is 30.2 Å². The van der Waals surface area contributed by atoms with Crippen molar-refractivity contribution in [1.29, 1.82) is 0 Å². The number of methoxy groups -OCH3 is 1. The van der Waals surface area contributed by atoms with Gasteiger partial charge in [-0.15, -0.1) is 0 Å². The van der Waals surface area contributed by atoms with E-state index in [4.69, 9.17) is 4.74 Å². The van der Waals surface area contributed by atoms with Gasteiger partial charge in [0.2, 0.25) is 0 Å². The number of ether oxygens (including phenoxy) is 1. The van der Waals surface area contributed by atoms with E-state index < -0.39 is 0 Å². The molecule has 0 bridgehead atoms. The highest BCUT2D eigenvalue weighted by molar-refractivity contribution is 5.50. The van der Waals surface area contributed by atoms with E-state index in [1.807, 2.05) is 12.1 Å². The Bertz CT molecular complexity index is 314. The first-order valence-corrected chi connectivity index (χ1v) is 5.73. The fourth-order valence-corrected chi connectivity index (χ4v) is 1.37. The third-order valence-corrected chi connectivity index (χ3v) is 2.24. The van der Waals surface area contributed by atoms with Crippen LogP contribution in [-0.4, -0.2) is 20.2 Å². The molecule has 0 radical (unpaired) electrons. The lowest BCUT2D eigenvalue weighted by molar-refractivity contribution is 0.415. The molecule has 1 rings (SSSR count). The standard InChI is InChI=1S/C14H21NO/c1-12(2)11-15-10-4-5-13-6-8-14(16-3)9-7-13/h4-9,12,15H,10-11H2,1-3H3. The molecule has 0 unspecified atom stereocenters. The van der Waals surface area contributed by atoms with Crippen LogP contribution in [0.1, 0.15) is 19.4 Å². The lowest BCUT2D eigenvalue weighted by atomic mass is 10.2. The highest BCUT2D eigenvalue weighted by Crippen LogP contribution is 2.11. The van der Waals surface area contributed by atoms with Gasteiger partial charge in [0.05, 0.1) is 7.11 Å². The first kappa shape index (κ1) is 12.8. The highest BCUT2D eigenvalue weighted by Gasteiger charge is 1.91. The summed E-state index contributed by atoms with van der Waals surface area (Å²) in [5.74, 6) is 1.60. The summed E-state index contributed by atoms with van der Waals surface area (Å²) in [6.07, 6.45) is 4.26. The fraction of sp³-hybridized carbons (Fsp3) is 0.429. The molecule has 0 aliphatic heterocycles. The molecule has 0 saturated carbocycles. The summed E-state index contributed by atoms with van der Waals surface area (Å²) in [5, 5.41) is 3.37. The fourth-order valence-electron chi connectivity index (χ4n) is 1.37. The van der Waals surface area contributed by atoms with Crippen molar-refractivity contribution < 1.29 is 4.74 Å². The van der Waals surface area contributed by atoms with Crippen LogP contribution in [0, 0.1) is 5.92 Å². The summed E-state index contributed by atoms with van der Waals surface area (Å²) in [6.45, 7) is 6.40. The van der Waals surface area contributed by atoms with Crippen LogP contribution in [0.25, 0.3) is 6.08 Å². The van der Waals surface area contributed by atoms with Gasteiger partial charge in [-0.2, -0.15) is 0 Å². The van der Waals surface area contributed by atoms with Crippen molar-refractivity contribution in [1.82, 2.24) is 5.32 Å². The van der Waals surface area contributed by atoms with Crippen LogP contribution in [0.15, 0.2) is 30.3 Å². The lowest BCUT2D eigenvalue weighted by Gasteiger charge is -2.03. The summed E-state index contributed by atoms with van der Waals surface area (Å²) < 4.78 is 5.10. The number of rotatable bonds is 6. The average molecular weight is 219 g/mol. The molecule has 2 nitrogen and oxygen atoms in total. The van der Waals surface area contributed by atoms with E-state index >= 15 is 0 Å². The molecule has 0 aliphatic carbocycles. The molecule has 1 N–H and O–H groups in total.